The van der Waals surface area contributed by atoms with Crippen LogP contribution < -0.4 is 0 Å². The molecule has 3 nitrogen and oxygen atoms in total. The van der Waals surface area contributed by atoms with Crippen molar-refractivity contribution in [3.05, 3.63) is 0 Å². The number of ketones is 1. The van der Waals surface area contributed by atoms with Crippen molar-refractivity contribution in [3.63, 3.8) is 0 Å². The average molecular weight is 223 g/mol. The lowest BCUT2D eigenvalue weighted by molar-refractivity contribution is -0.132. The van der Waals surface area contributed by atoms with E-state index in [0.29, 0.717) is 25.9 Å². The van der Waals surface area contributed by atoms with Crippen molar-refractivity contribution in [1.82, 2.24) is 4.90 Å². The summed E-state index contributed by atoms with van der Waals surface area (Å²) in [4.78, 5) is 24.6. The Hall–Kier alpha value is -0.860. The number of rotatable bonds is 3. The Morgan fingerprint density at radius 2 is 2.00 bits per heavy atom. The van der Waals surface area contributed by atoms with Gasteiger partial charge in [0.1, 0.15) is 0 Å². The van der Waals surface area contributed by atoms with E-state index in [1.807, 2.05) is 0 Å². The molecule has 1 aliphatic heterocycles. The lowest BCUT2D eigenvalue weighted by atomic mass is 9.86. The minimum atomic E-state index is 0.191. The van der Waals surface area contributed by atoms with Gasteiger partial charge in [0.25, 0.3) is 0 Å². The maximum absolute atomic E-state index is 11.8. The maximum Gasteiger partial charge on any atom is 0.222 e. The second kappa shape index (κ2) is 5.46. The summed E-state index contributed by atoms with van der Waals surface area (Å²) in [6.45, 7) is 1.02. The third-order valence-corrected chi connectivity index (χ3v) is 3.87. The Labute approximate surface area is 97.2 Å². The van der Waals surface area contributed by atoms with Gasteiger partial charge in [-0.05, 0) is 12.3 Å². The molecule has 0 aromatic carbocycles. The van der Waals surface area contributed by atoms with E-state index < -0.39 is 0 Å². The molecule has 1 heterocycles. The maximum atomic E-state index is 11.8. The van der Waals surface area contributed by atoms with Gasteiger partial charge in [-0.1, -0.05) is 32.1 Å². The quantitative estimate of drug-likeness (QED) is 0.735. The van der Waals surface area contributed by atoms with E-state index in [0.717, 1.165) is 12.3 Å². The Morgan fingerprint density at radius 1 is 1.25 bits per heavy atom. The molecule has 90 valence electrons. The normalized spacial score (nSPS) is 22.8. The van der Waals surface area contributed by atoms with E-state index in [2.05, 4.69) is 0 Å². The zero-order valence-corrected chi connectivity index (χ0v) is 9.91. The van der Waals surface area contributed by atoms with Crippen LogP contribution in [0.1, 0.15) is 51.4 Å². The molecule has 0 spiro atoms. The summed E-state index contributed by atoms with van der Waals surface area (Å²) < 4.78 is 0. The molecule has 1 aliphatic carbocycles. The zero-order chi connectivity index (χ0) is 11.4. The van der Waals surface area contributed by atoms with E-state index in [1.165, 1.54) is 32.1 Å². The summed E-state index contributed by atoms with van der Waals surface area (Å²) in [6.07, 6.45) is 8.88. The smallest absolute Gasteiger partial charge is 0.222 e. The molecular weight excluding hydrogens is 202 g/mol. The Bertz CT molecular complexity index is 269. The van der Waals surface area contributed by atoms with Crippen molar-refractivity contribution in [2.45, 2.75) is 51.4 Å². The monoisotopic (exact) mass is 223 g/mol. The predicted octanol–water partition coefficient (Wildman–Crippen LogP) is 2.15. The van der Waals surface area contributed by atoms with Crippen molar-refractivity contribution >= 4 is 11.7 Å². The Kier molecular flexibility index (Phi) is 3.97. The summed E-state index contributed by atoms with van der Waals surface area (Å²) in [7, 11) is 0. The van der Waals surface area contributed by atoms with E-state index >= 15 is 0 Å². The van der Waals surface area contributed by atoms with Gasteiger partial charge >= 0.3 is 0 Å². The number of Topliss-reactive ketones (excluding diaryl/α,β-unsaturated/α-hetero) is 1. The second-order valence-electron chi connectivity index (χ2n) is 5.15. The molecule has 16 heavy (non-hydrogen) atoms. The summed E-state index contributed by atoms with van der Waals surface area (Å²) >= 11 is 0. The number of amides is 1. The van der Waals surface area contributed by atoms with Crippen LogP contribution in [0.2, 0.25) is 0 Å². The van der Waals surface area contributed by atoms with Gasteiger partial charge in [0.05, 0.1) is 6.54 Å². The summed E-state index contributed by atoms with van der Waals surface area (Å²) in [5.74, 6) is 1.17. The Balaban J connectivity index is 1.68. The standard InChI is InChI=1S/C13H21NO2/c15-12-8-9-14(10-12)13(16)7-6-11-4-2-1-3-5-11/h11H,1-10H2. The van der Waals surface area contributed by atoms with Gasteiger partial charge in [0.2, 0.25) is 5.91 Å². The molecule has 2 aliphatic rings. The van der Waals surface area contributed by atoms with Crippen LogP contribution in [0.25, 0.3) is 0 Å². The molecule has 0 atom stereocenters. The van der Waals surface area contributed by atoms with E-state index in [4.69, 9.17) is 0 Å². The minimum Gasteiger partial charge on any atom is -0.335 e. The number of carbonyl (C=O) groups is 2. The van der Waals surface area contributed by atoms with Crippen LogP contribution in [0, 0.1) is 5.92 Å². The van der Waals surface area contributed by atoms with Gasteiger partial charge in [-0.25, -0.2) is 0 Å². The third-order valence-electron chi connectivity index (χ3n) is 3.87. The van der Waals surface area contributed by atoms with Gasteiger partial charge in [-0.2, -0.15) is 0 Å². The first-order valence-corrected chi connectivity index (χ1v) is 6.55. The number of carbonyl (C=O) groups excluding carboxylic acids is 2. The van der Waals surface area contributed by atoms with E-state index in [-0.39, 0.29) is 11.7 Å². The molecule has 0 radical (unpaired) electrons. The van der Waals surface area contributed by atoms with E-state index in [9.17, 15) is 9.59 Å². The van der Waals surface area contributed by atoms with Crippen LogP contribution in [0.4, 0.5) is 0 Å². The fourth-order valence-electron chi connectivity index (χ4n) is 2.81. The SMILES string of the molecule is O=C1CCN(C(=O)CCC2CCCCC2)C1. The van der Waals surface area contributed by atoms with Gasteiger partial charge in [-0.15, -0.1) is 0 Å². The summed E-state index contributed by atoms with van der Waals surface area (Å²) in [5.41, 5.74) is 0. The van der Waals surface area contributed by atoms with E-state index in [1.54, 1.807) is 4.90 Å². The highest BCUT2D eigenvalue weighted by Gasteiger charge is 2.24. The van der Waals surface area contributed by atoms with Crippen LogP contribution in [0.15, 0.2) is 0 Å². The number of likely N-dealkylation sites (tertiary alicyclic amines) is 1. The minimum absolute atomic E-state index is 0.191. The van der Waals surface area contributed by atoms with Crippen molar-refractivity contribution in [1.29, 1.82) is 0 Å². The highest BCUT2D eigenvalue weighted by Crippen LogP contribution is 2.27. The first-order valence-electron chi connectivity index (χ1n) is 6.55. The van der Waals surface area contributed by atoms with Crippen LogP contribution in [-0.4, -0.2) is 29.7 Å². The largest absolute Gasteiger partial charge is 0.335 e. The third kappa shape index (κ3) is 3.06. The molecule has 1 saturated heterocycles. The van der Waals surface area contributed by atoms with Gasteiger partial charge in [0, 0.05) is 19.4 Å². The van der Waals surface area contributed by atoms with Crippen molar-refractivity contribution in [2.24, 2.45) is 5.92 Å². The number of hydrogen-bond donors (Lipinski definition) is 0. The second-order valence-corrected chi connectivity index (χ2v) is 5.15. The molecular formula is C13H21NO2. The zero-order valence-electron chi connectivity index (χ0n) is 9.91. The van der Waals surface area contributed by atoms with Crippen LogP contribution in [0.3, 0.4) is 0 Å². The molecule has 0 aromatic rings. The van der Waals surface area contributed by atoms with Crippen molar-refractivity contribution < 1.29 is 9.59 Å². The highest BCUT2D eigenvalue weighted by atomic mass is 16.2. The molecule has 0 unspecified atom stereocenters. The summed E-state index contributed by atoms with van der Waals surface area (Å²) in [5, 5.41) is 0. The van der Waals surface area contributed by atoms with Crippen molar-refractivity contribution in [3.8, 4) is 0 Å². The predicted molar refractivity (Wildman–Crippen MR) is 62.0 cm³/mol. The first-order chi connectivity index (χ1) is 7.75. The lowest BCUT2D eigenvalue weighted by Gasteiger charge is -2.22. The van der Waals surface area contributed by atoms with Gasteiger partial charge in [0.15, 0.2) is 5.78 Å². The van der Waals surface area contributed by atoms with Crippen LogP contribution in [-0.2, 0) is 9.59 Å². The molecule has 1 amide bonds. The molecule has 1 saturated carbocycles. The Morgan fingerprint density at radius 3 is 2.62 bits per heavy atom. The molecule has 0 N–H and O–H groups in total. The average Bonchev–Trinajstić information content (AvgIpc) is 2.74. The van der Waals surface area contributed by atoms with Crippen molar-refractivity contribution in [2.75, 3.05) is 13.1 Å². The molecule has 0 bridgehead atoms. The number of hydrogen-bond acceptors (Lipinski definition) is 2. The molecule has 3 heteroatoms. The molecule has 2 rings (SSSR count). The van der Waals surface area contributed by atoms with Crippen LogP contribution in [0.5, 0.6) is 0 Å². The first kappa shape index (κ1) is 11.6. The molecule has 2 fully saturated rings. The van der Waals surface area contributed by atoms with Crippen LogP contribution >= 0.6 is 0 Å². The fourth-order valence-corrected chi connectivity index (χ4v) is 2.81. The number of nitrogens with zero attached hydrogens (tertiary/aromatic N) is 1. The lowest BCUT2D eigenvalue weighted by Crippen LogP contribution is -2.29. The summed E-state index contributed by atoms with van der Waals surface area (Å²) in [6, 6.07) is 0. The fraction of sp³-hybridized carbons (Fsp3) is 0.846. The highest BCUT2D eigenvalue weighted by molar-refractivity contribution is 5.89. The van der Waals surface area contributed by atoms with Gasteiger partial charge in [-0.3, -0.25) is 9.59 Å². The topological polar surface area (TPSA) is 37.4 Å². The molecule has 0 aromatic heterocycles. The van der Waals surface area contributed by atoms with Gasteiger partial charge < -0.3 is 4.90 Å².